The van der Waals surface area contributed by atoms with Crippen LogP contribution in [-0.4, -0.2) is 20.5 Å². The van der Waals surface area contributed by atoms with Gasteiger partial charge in [0.05, 0.1) is 23.1 Å². The number of hydrogen-bond donors (Lipinski definition) is 0. The molecule has 172 valence electrons. The van der Waals surface area contributed by atoms with Crippen LogP contribution in [0.1, 0.15) is 53.4 Å². The van der Waals surface area contributed by atoms with E-state index in [1.165, 1.54) is 10.6 Å². The summed E-state index contributed by atoms with van der Waals surface area (Å²) in [4.78, 5) is 12.8. The monoisotopic (exact) mass is 469 g/mol. The Hall–Kier alpha value is -3.44. The molecular weight excluding hydrogens is 442 g/mol. The van der Waals surface area contributed by atoms with Gasteiger partial charge in [-0.15, -0.1) is 0 Å². The van der Waals surface area contributed by atoms with Crippen LogP contribution in [0.25, 0.3) is 6.08 Å². The summed E-state index contributed by atoms with van der Waals surface area (Å²) in [6.07, 6.45) is 6.59. The molecule has 0 radical (unpaired) electrons. The number of carbonyl (C=O) groups is 1. The van der Waals surface area contributed by atoms with E-state index >= 15 is 0 Å². The van der Waals surface area contributed by atoms with Gasteiger partial charge in [-0.25, -0.2) is 12.7 Å². The molecule has 0 saturated carbocycles. The minimum Gasteiger partial charge on any atom is -0.289 e. The Morgan fingerprint density at radius 2 is 1.44 bits per heavy atom. The number of fused-ring (bicyclic) bond motifs is 4. The minimum atomic E-state index is -3.71. The first-order valence-electron chi connectivity index (χ1n) is 11.3. The highest BCUT2D eigenvalue weighted by Gasteiger charge is 2.49. The van der Waals surface area contributed by atoms with Gasteiger partial charge in [0, 0.05) is 5.56 Å². The van der Waals surface area contributed by atoms with Gasteiger partial charge in [0.1, 0.15) is 0 Å². The van der Waals surface area contributed by atoms with Crippen molar-refractivity contribution in [3.63, 3.8) is 0 Å². The van der Waals surface area contributed by atoms with E-state index in [-0.39, 0.29) is 11.2 Å². The van der Waals surface area contributed by atoms with Crippen LogP contribution in [0.3, 0.4) is 0 Å². The van der Waals surface area contributed by atoms with Crippen LogP contribution in [0.5, 0.6) is 0 Å². The van der Waals surface area contributed by atoms with Gasteiger partial charge in [0.25, 0.3) is 0 Å². The molecule has 34 heavy (non-hydrogen) atoms. The molecule has 0 amide bonds. The maximum Gasteiger partial charge on any atom is 0.236 e. The molecule has 2 aliphatic carbocycles. The van der Waals surface area contributed by atoms with Crippen molar-refractivity contribution in [3.8, 4) is 0 Å². The predicted octanol–water partition coefficient (Wildman–Crippen LogP) is 5.84. The van der Waals surface area contributed by atoms with Gasteiger partial charge in [0.15, 0.2) is 5.78 Å². The summed E-state index contributed by atoms with van der Waals surface area (Å²) in [5, 5.41) is 0. The summed E-state index contributed by atoms with van der Waals surface area (Å²) >= 11 is 0. The van der Waals surface area contributed by atoms with E-state index in [9.17, 15) is 13.2 Å². The highest BCUT2D eigenvalue weighted by atomic mass is 32.2. The van der Waals surface area contributed by atoms with Gasteiger partial charge in [-0.3, -0.25) is 4.79 Å². The van der Waals surface area contributed by atoms with Gasteiger partial charge < -0.3 is 0 Å². The number of carbonyl (C=O) groups excluding carboxylic acids is 1. The number of anilines is 1. The molecule has 2 aliphatic rings. The smallest absolute Gasteiger partial charge is 0.236 e. The molecule has 0 aromatic heterocycles. The lowest BCUT2D eigenvalue weighted by molar-refractivity contribution is 0.104. The number of ketones is 1. The lowest BCUT2D eigenvalue weighted by Gasteiger charge is -2.39. The second kappa shape index (κ2) is 7.54. The molecule has 3 aromatic carbocycles. The van der Waals surface area contributed by atoms with Crippen molar-refractivity contribution in [2.75, 3.05) is 10.6 Å². The van der Waals surface area contributed by atoms with Crippen LogP contribution in [-0.2, 0) is 20.9 Å². The van der Waals surface area contributed by atoms with Crippen LogP contribution >= 0.6 is 0 Å². The Labute approximate surface area is 201 Å². The first-order chi connectivity index (χ1) is 16.0. The topological polar surface area (TPSA) is 54.5 Å². The number of nitrogens with zero attached hydrogens (tertiary/aromatic N) is 1. The first kappa shape index (κ1) is 22.4. The second-order valence-corrected chi connectivity index (χ2v) is 11.8. The average Bonchev–Trinajstić information content (AvgIpc) is 3.10. The Balaban J connectivity index is 1.79. The summed E-state index contributed by atoms with van der Waals surface area (Å²) in [5.41, 5.74) is 4.61. The van der Waals surface area contributed by atoms with Gasteiger partial charge in [-0.05, 0) is 52.0 Å². The highest BCUT2D eigenvalue weighted by molar-refractivity contribution is 7.92. The largest absolute Gasteiger partial charge is 0.289 e. The summed E-state index contributed by atoms with van der Waals surface area (Å²) in [7, 11) is -3.71. The summed E-state index contributed by atoms with van der Waals surface area (Å²) in [6.45, 7) is 6.38. The Bertz CT molecular complexity index is 1470. The highest BCUT2D eigenvalue weighted by Crippen LogP contribution is 2.53. The molecule has 0 N–H and O–H groups in total. The molecule has 0 heterocycles. The number of sulfonamides is 1. The standard InChI is InChI=1S/C29H27NO3S/c1-28(2,3)21-13-15-22(16-14-21)30(34(4,32)33)27-19-20-9-5-7-11-24(20)29(27)18-17-26(31)23-10-6-8-12-25(23)29/h5-19H,1-4H3/t29-/m0/s1. The van der Waals surface area contributed by atoms with Crippen LogP contribution < -0.4 is 4.31 Å². The zero-order valence-electron chi connectivity index (χ0n) is 19.7. The van der Waals surface area contributed by atoms with Crippen molar-refractivity contribution in [1.29, 1.82) is 0 Å². The Morgan fingerprint density at radius 1 is 0.824 bits per heavy atom. The van der Waals surface area contributed by atoms with Crippen molar-refractivity contribution in [3.05, 3.63) is 118 Å². The lowest BCUT2D eigenvalue weighted by atomic mass is 9.69. The second-order valence-electron chi connectivity index (χ2n) is 9.99. The van der Waals surface area contributed by atoms with E-state index in [2.05, 4.69) is 20.8 Å². The molecule has 5 heteroatoms. The van der Waals surface area contributed by atoms with E-state index in [0.29, 0.717) is 16.9 Å². The van der Waals surface area contributed by atoms with Crippen molar-refractivity contribution in [2.24, 2.45) is 0 Å². The van der Waals surface area contributed by atoms with Crippen molar-refractivity contribution >= 4 is 27.6 Å². The maximum atomic E-state index is 13.3. The molecule has 0 fully saturated rings. The Morgan fingerprint density at radius 3 is 2.09 bits per heavy atom. The van der Waals surface area contributed by atoms with Gasteiger partial charge in [-0.2, -0.15) is 0 Å². The number of rotatable bonds is 3. The van der Waals surface area contributed by atoms with E-state index in [1.54, 1.807) is 6.08 Å². The van der Waals surface area contributed by atoms with E-state index in [4.69, 9.17) is 0 Å². The zero-order chi connectivity index (χ0) is 24.3. The van der Waals surface area contributed by atoms with Crippen LogP contribution in [0.2, 0.25) is 0 Å². The third-order valence-electron chi connectivity index (χ3n) is 6.70. The molecule has 1 atom stereocenters. The maximum absolute atomic E-state index is 13.3. The quantitative estimate of drug-likeness (QED) is 0.484. The molecule has 3 aromatic rings. The number of hydrogen-bond acceptors (Lipinski definition) is 3. The zero-order valence-corrected chi connectivity index (χ0v) is 20.6. The summed E-state index contributed by atoms with van der Waals surface area (Å²) < 4.78 is 28.1. The normalized spacial score (nSPS) is 19.1. The third kappa shape index (κ3) is 3.34. The average molecular weight is 470 g/mol. The molecule has 0 bridgehead atoms. The molecule has 0 saturated heterocycles. The molecule has 0 aliphatic heterocycles. The first-order valence-corrected chi connectivity index (χ1v) is 13.1. The molecule has 1 spiro atoms. The Kier molecular flexibility index (Phi) is 4.96. The van der Waals surface area contributed by atoms with Crippen LogP contribution in [0.15, 0.2) is 90.6 Å². The third-order valence-corrected chi connectivity index (χ3v) is 7.77. The van der Waals surface area contributed by atoms with E-state index in [1.807, 2.05) is 84.9 Å². The van der Waals surface area contributed by atoms with Crippen LogP contribution in [0.4, 0.5) is 5.69 Å². The molecule has 0 unspecified atom stereocenters. The van der Waals surface area contributed by atoms with Gasteiger partial charge >= 0.3 is 0 Å². The van der Waals surface area contributed by atoms with Crippen molar-refractivity contribution < 1.29 is 13.2 Å². The van der Waals surface area contributed by atoms with E-state index < -0.39 is 15.4 Å². The number of allylic oxidation sites excluding steroid dienone is 2. The minimum absolute atomic E-state index is 0.0516. The van der Waals surface area contributed by atoms with Gasteiger partial charge in [0.2, 0.25) is 10.0 Å². The van der Waals surface area contributed by atoms with Gasteiger partial charge in [-0.1, -0.05) is 87.5 Å². The fraction of sp³-hybridized carbons (Fsp3) is 0.207. The van der Waals surface area contributed by atoms with Crippen LogP contribution in [0, 0.1) is 0 Å². The SMILES string of the molecule is CC(C)(C)c1ccc(N(C2=Cc3ccccc3[C@]23C=CC(=O)c2ccccc23)S(C)(=O)=O)cc1. The van der Waals surface area contributed by atoms with Crippen molar-refractivity contribution in [2.45, 2.75) is 31.6 Å². The predicted molar refractivity (Wildman–Crippen MR) is 138 cm³/mol. The fourth-order valence-corrected chi connectivity index (χ4v) is 6.14. The van der Waals surface area contributed by atoms with Crippen molar-refractivity contribution in [1.82, 2.24) is 0 Å². The van der Waals surface area contributed by atoms with E-state index in [0.717, 1.165) is 22.3 Å². The molecule has 4 nitrogen and oxygen atoms in total. The number of benzene rings is 3. The lowest BCUT2D eigenvalue weighted by Crippen LogP contribution is -2.41. The fourth-order valence-electron chi connectivity index (χ4n) is 5.09. The summed E-state index contributed by atoms with van der Waals surface area (Å²) in [6, 6.07) is 23.1. The molecular formula is C29H27NO3S. The molecule has 5 rings (SSSR count). The summed E-state index contributed by atoms with van der Waals surface area (Å²) in [5.74, 6) is -0.0783.